The lowest BCUT2D eigenvalue weighted by Crippen LogP contribution is -2.35. The molecule has 0 heterocycles. The van der Waals surface area contributed by atoms with Gasteiger partial charge >= 0.3 is 0 Å². The molecule has 0 aromatic heterocycles. The minimum atomic E-state index is -0.100. The van der Waals surface area contributed by atoms with Crippen molar-refractivity contribution < 1.29 is 4.79 Å². The van der Waals surface area contributed by atoms with Gasteiger partial charge in [-0.05, 0) is 31.4 Å². The molecule has 1 aromatic carbocycles. The topological polar surface area (TPSA) is 46.3 Å². The maximum Gasteiger partial charge on any atom is 0.253 e. The Kier molecular flexibility index (Phi) is 5.50. The molecule has 0 bridgehead atoms. The number of anilines is 1. The first-order valence-corrected chi connectivity index (χ1v) is 7.01. The smallest absolute Gasteiger partial charge is 0.253 e. The van der Waals surface area contributed by atoms with E-state index < -0.39 is 0 Å². The summed E-state index contributed by atoms with van der Waals surface area (Å²) < 4.78 is 0. The van der Waals surface area contributed by atoms with Gasteiger partial charge in [-0.2, -0.15) is 0 Å². The highest BCUT2D eigenvalue weighted by Crippen LogP contribution is 2.29. The molecule has 106 valence electrons. The standard InChI is InChI=1S/C14H20Cl2N2O/c1-8(2)5-9(3)18(4)14(19)10-6-11(15)13(17)12(16)7-10/h6-9H,5,17H2,1-4H3. The van der Waals surface area contributed by atoms with Gasteiger partial charge < -0.3 is 10.6 Å². The lowest BCUT2D eigenvalue weighted by molar-refractivity contribution is 0.0728. The first-order chi connectivity index (χ1) is 8.73. The third-order valence-electron chi connectivity index (χ3n) is 3.12. The van der Waals surface area contributed by atoms with Crippen LogP contribution in [0, 0.1) is 5.92 Å². The maximum atomic E-state index is 12.4. The number of halogens is 2. The molecule has 0 saturated heterocycles. The van der Waals surface area contributed by atoms with Crippen molar-refractivity contribution in [3.8, 4) is 0 Å². The van der Waals surface area contributed by atoms with Crippen molar-refractivity contribution in [1.29, 1.82) is 0 Å². The van der Waals surface area contributed by atoms with Gasteiger partial charge in [-0.15, -0.1) is 0 Å². The lowest BCUT2D eigenvalue weighted by atomic mass is 10.0. The Morgan fingerprint density at radius 2 is 1.74 bits per heavy atom. The van der Waals surface area contributed by atoms with E-state index in [0.29, 0.717) is 27.2 Å². The van der Waals surface area contributed by atoms with Gasteiger partial charge in [-0.3, -0.25) is 4.79 Å². The van der Waals surface area contributed by atoms with Crippen LogP contribution in [0.25, 0.3) is 0 Å². The van der Waals surface area contributed by atoms with E-state index in [9.17, 15) is 4.79 Å². The van der Waals surface area contributed by atoms with Crippen LogP contribution < -0.4 is 5.73 Å². The molecule has 0 spiro atoms. The van der Waals surface area contributed by atoms with Gasteiger partial charge in [0.05, 0.1) is 15.7 Å². The molecular weight excluding hydrogens is 283 g/mol. The highest BCUT2D eigenvalue weighted by atomic mass is 35.5. The van der Waals surface area contributed by atoms with E-state index in [2.05, 4.69) is 13.8 Å². The van der Waals surface area contributed by atoms with Crippen molar-refractivity contribution in [2.24, 2.45) is 5.92 Å². The number of rotatable bonds is 4. The average molecular weight is 303 g/mol. The van der Waals surface area contributed by atoms with Crippen LogP contribution in [0.5, 0.6) is 0 Å². The van der Waals surface area contributed by atoms with Gasteiger partial charge in [0.2, 0.25) is 0 Å². The van der Waals surface area contributed by atoms with Gasteiger partial charge in [0, 0.05) is 18.7 Å². The molecule has 0 fully saturated rings. The number of carbonyl (C=O) groups excluding carboxylic acids is 1. The van der Waals surface area contributed by atoms with Crippen molar-refractivity contribution in [3.05, 3.63) is 27.7 Å². The second-order valence-corrected chi connectivity index (χ2v) is 6.06. The highest BCUT2D eigenvalue weighted by Gasteiger charge is 2.20. The van der Waals surface area contributed by atoms with Crippen molar-refractivity contribution in [1.82, 2.24) is 4.90 Å². The molecule has 3 nitrogen and oxygen atoms in total. The zero-order chi connectivity index (χ0) is 14.7. The van der Waals surface area contributed by atoms with E-state index in [1.54, 1.807) is 24.1 Å². The number of nitrogens with two attached hydrogens (primary N) is 1. The molecule has 5 heteroatoms. The summed E-state index contributed by atoms with van der Waals surface area (Å²) in [6, 6.07) is 3.27. The Hall–Kier alpha value is -0.930. The fourth-order valence-corrected chi connectivity index (χ4v) is 2.44. The third kappa shape index (κ3) is 4.02. The van der Waals surface area contributed by atoms with Crippen molar-refractivity contribution in [2.75, 3.05) is 12.8 Å². The number of hydrogen-bond donors (Lipinski definition) is 1. The Labute approximate surface area is 124 Å². The van der Waals surface area contributed by atoms with Crippen molar-refractivity contribution in [3.63, 3.8) is 0 Å². The van der Waals surface area contributed by atoms with Crippen LogP contribution in [0.15, 0.2) is 12.1 Å². The van der Waals surface area contributed by atoms with Gasteiger partial charge in [-0.1, -0.05) is 37.0 Å². The van der Waals surface area contributed by atoms with E-state index in [0.717, 1.165) is 6.42 Å². The molecule has 0 saturated carbocycles. The molecule has 0 aliphatic rings. The Morgan fingerprint density at radius 1 is 1.26 bits per heavy atom. The van der Waals surface area contributed by atoms with Gasteiger partial charge in [-0.25, -0.2) is 0 Å². The van der Waals surface area contributed by atoms with Crippen LogP contribution in [0.4, 0.5) is 5.69 Å². The number of amides is 1. The monoisotopic (exact) mass is 302 g/mol. The summed E-state index contributed by atoms with van der Waals surface area (Å²) in [5, 5.41) is 0.613. The summed E-state index contributed by atoms with van der Waals surface area (Å²) in [4.78, 5) is 14.1. The van der Waals surface area contributed by atoms with Crippen molar-refractivity contribution in [2.45, 2.75) is 33.2 Å². The summed E-state index contributed by atoms with van der Waals surface area (Å²) in [5.74, 6) is 0.431. The summed E-state index contributed by atoms with van der Waals surface area (Å²) in [7, 11) is 1.79. The first-order valence-electron chi connectivity index (χ1n) is 6.25. The van der Waals surface area contributed by atoms with E-state index in [1.165, 1.54) is 0 Å². The SMILES string of the molecule is CC(C)CC(C)N(C)C(=O)c1cc(Cl)c(N)c(Cl)c1. The second-order valence-electron chi connectivity index (χ2n) is 5.25. The zero-order valence-corrected chi connectivity index (χ0v) is 13.2. The van der Waals surface area contributed by atoms with Crippen LogP contribution in [0.1, 0.15) is 37.6 Å². The molecule has 0 aliphatic carbocycles. The number of nitrogens with zero attached hydrogens (tertiary/aromatic N) is 1. The molecule has 1 atom stereocenters. The molecule has 1 unspecified atom stereocenters. The molecule has 0 aliphatic heterocycles. The highest BCUT2D eigenvalue weighted by molar-refractivity contribution is 6.39. The first kappa shape index (κ1) is 16.1. The Balaban J connectivity index is 2.94. The van der Waals surface area contributed by atoms with E-state index in [-0.39, 0.29) is 11.9 Å². The van der Waals surface area contributed by atoms with Gasteiger partial charge in [0.1, 0.15) is 0 Å². The van der Waals surface area contributed by atoms with Gasteiger partial charge in [0.25, 0.3) is 5.91 Å². The summed E-state index contributed by atoms with van der Waals surface area (Å²) >= 11 is 11.9. The molecule has 0 radical (unpaired) electrons. The number of nitrogen functional groups attached to an aromatic ring is 1. The molecule has 1 amide bonds. The van der Waals surface area contributed by atoms with E-state index in [4.69, 9.17) is 28.9 Å². The predicted octanol–water partition coefficient (Wildman–Crippen LogP) is 4.08. The third-order valence-corrected chi connectivity index (χ3v) is 3.75. The average Bonchev–Trinajstić information content (AvgIpc) is 2.32. The molecular formula is C14H20Cl2N2O. The fraction of sp³-hybridized carbons (Fsp3) is 0.500. The second kappa shape index (κ2) is 6.49. The minimum Gasteiger partial charge on any atom is -0.396 e. The normalized spacial score (nSPS) is 12.6. The van der Waals surface area contributed by atoms with Crippen LogP contribution in [-0.2, 0) is 0 Å². The quantitative estimate of drug-likeness (QED) is 0.852. The molecule has 1 aromatic rings. The fourth-order valence-electron chi connectivity index (χ4n) is 1.95. The minimum absolute atomic E-state index is 0.100. The maximum absolute atomic E-state index is 12.4. The Bertz CT molecular complexity index is 452. The zero-order valence-electron chi connectivity index (χ0n) is 11.7. The number of carbonyl (C=O) groups is 1. The molecule has 1 rings (SSSR count). The summed E-state index contributed by atoms with van der Waals surface area (Å²) in [6.07, 6.45) is 0.943. The summed E-state index contributed by atoms with van der Waals surface area (Å²) in [6.45, 7) is 6.29. The van der Waals surface area contributed by atoms with Crippen molar-refractivity contribution >= 4 is 34.8 Å². The number of benzene rings is 1. The van der Waals surface area contributed by atoms with E-state index in [1.807, 2.05) is 6.92 Å². The molecule has 2 N–H and O–H groups in total. The van der Waals surface area contributed by atoms with Crippen LogP contribution >= 0.6 is 23.2 Å². The summed E-state index contributed by atoms with van der Waals surface area (Å²) in [5.41, 5.74) is 6.43. The van der Waals surface area contributed by atoms with Crippen LogP contribution in [0.3, 0.4) is 0 Å². The van der Waals surface area contributed by atoms with Gasteiger partial charge in [0.15, 0.2) is 0 Å². The molecule has 19 heavy (non-hydrogen) atoms. The van der Waals surface area contributed by atoms with Crippen LogP contribution in [0.2, 0.25) is 10.0 Å². The number of hydrogen-bond acceptors (Lipinski definition) is 2. The predicted molar refractivity (Wildman–Crippen MR) is 81.9 cm³/mol. The Morgan fingerprint density at radius 3 is 2.16 bits per heavy atom. The largest absolute Gasteiger partial charge is 0.396 e. The van der Waals surface area contributed by atoms with Crippen LogP contribution in [-0.4, -0.2) is 23.9 Å². The van der Waals surface area contributed by atoms with E-state index >= 15 is 0 Å². The lowest BCUT2D eigenvalue weighted by Gasteiger charge is -2.26.